The highest BCUT2D eigenvalue weighted by atomic mass is 35.5. The predicted molar refractivity (Wildman–Crippen MR) is 63.3 cm³/mol. The van der Waals surface area contributed by atoms with Crippen molar-refractivity contribution in [1.82, 2.24) is 5.32 Å². The van der Waals surface area contributed by atoms with Gasteiger partial charge in [0.05, 0.1) is 6.42 Å². The average Bonchev–Trinajstić information content (AvgIpc) is 2.19. The minimum atomic E-state index is -4.09. The molecule has 0 aliphatic heterocycles. The highest BCUT2D eigenvalue weighted by Crippen LogP contribution is 2.18. The number of hydrogen-bond donors (Lipinski definition) is 1. The molecule has 0 aliphatic carbocycles. The molecule has 1 nitrogen and oxygen atoms in total. The Morgan fingerprint density at radius 3 is 2.35 bits per heavy atom. The normalized spacial score (nSPS) is 13.7. The van der Waals surface area contributed by atoms with Crippen molar-refractivity contribution in [2.45, 2.75) is 32.0 Å². The van der Waals surface area contributed by atoms with E-state index in [-0.39, 0.29) is 12.6 Å². The Kier molecular flexibility index (Phi) is 5.28. The van der Waals surface area contributed by atoms with Crippen molar-refractivity contribution < 1.29 is 13.2 Å². The second kappa shape index (κ2) is 6.26. The van der Waals surface area contributed by atoms with Gasteiger partial charge in [-0.15, -0.1) is 0 Å². The minimum Gasteiger partial charge on any atom is -0.314 e. The average molecular weight is 266 g/mol. The van der Waals surface area contributed by atoms with Gasteiger partial charge in [-0.2, -0.15) is 13.2 Å². The first-order valence-corrected chi connectivity index (χ1v) is 5.79. The van der Waals surface area contributed by atoms with Crippen LogP contribution in [0.2, 0.25) is 5.02 Å². The van der Waals surface area contributed by atoms with Gasteiger partial charge in [-0.05, 0) is 31.0 Å². The van der Waals surface area contributed by atoms with Crippen LogP contribution < -0.4 is 5.32 Å². The molecule has 0 radical (unpaired) electrons. The molecule has 1 unspecified atom stereocenters. The summed E-state index contributed by atoms with van der Waals surface area (Å²) in [6.07, 6.45) is -4.19. The molecule has 1 aromatic carbocycles. The lowest BCUT2D eigenvalue weighted by molar-refractivity contribution is -0.133. The lowest BCUT2D eigenvalue weighted by atomic mass is 10.1. The van der Waals surface area contributed by atoms with Gasteiger partial charge in [-0.3, -0.25) is 0 Å². The topological polar surface area (TPSA) is 12.0 Å². The monoisotopic (exact) mass is 265 g/mol. The maximum Gasteiger partial charge on any atom is 0.390 e. The van der Waals surface area contributed by atoms with Crippen LogP contribution in [-0.2, 0) is 6.42 Å². The summed E-state index contributed by atoms with van der Waals surface area (Å²) in [6, 6.07) is 7.33. The van der Waals surface area contributed by atoms with Crippen LogP contribution in [0.15, 0.2) is 24.3 Å². The molecule has 0 spiro atoms. The number of nitrogens with one attached hydrogen (secondary N) is 1. The molecule has 0 aliphatic rings. The summed E-state index contributed by atoms with van der Waals surface area (Å²) in [5, 5.41) is 3.51. The van der Waals surface area contributed by atoms with Crippen molar-refractivity contribution in [3.63, 3.8) is 0 Å². The Bertz CT molecular complexity index is 335. The quantitative estimate of drug-likeness (QED) is 0.854. The summed E-state index contributed by atoms with van der Waals surface area (Å²) in [5.74, 6) is 0. The Labute approximate surface area is 104 Å². The maximum absolute atomic E-state index is 11.9. The fraction of sp³-hybridized carbons (Fsp3) is 0.500. The third-order valence-electron chi connectivity index (χ3n) is 2.36. The van der Waals surface area contributed by atoms with Gasteiger partial charge < -0.3 is 5.32 Å². The highest BCUT2D eigenvalue weighted by Gasteiger charge is 2.26. The first-order valence-electron chi connectivity index (χ1n) is 5.41. The van der Waals surface area contributed by atoms with Crippen molar-refractivity contribution in [3.8, 4) is 0 Å². The zero-order valence-electron chi connectivity index (χ0n) is 9.52. The minimum absolute atomic E-state index is 0.0125. The Morgan fingerprint density at radius 2 is 1.82 bits per heavy atom. The first-order chi connectivity index (χ1) is 7.87. The van der Waals surface area contributed by atoms with E-state index < -0.39 is 12.6 Å². The van der Waals surface area contributed by atoms with Gasteiger partial charge in [0.1, 0.15) is 0 Å². The maximum atomic E-state index is 11.9. The van der Waals surface area contributed by atoms with Gasteiger partial charge >= 0.3 is 6.18 Å². The fourth-order valence-electron chi connectivity index (χ4n) is 1.51. The van der Waals surface area contributed by atoms with Crippen molar-refractivity contribution >= 4 is 11.6 Å². The molecular weight excluding hydrogens is 251 g/mol. The van der Waals surface area contributed by atoms with Crippen molar-refractivity contribution in [1.29, 1.82) is 0 Å². The van der Waals surface area contributed by atoms with E-state index in [0.29, 0.717) is 11.4 Å². The summed E-state index contributed by atoms with van der Waals surface area (Å²) in [7, 11) is 0. The van der Waals surface area contributed by atoms with E-state index in [1.165, 1.54) is 0 Å². The second-order valence-corrected chi connectivity index (χ2v) is 4.49. The second-order valence-electron chi connectivity index (χ2n) is 4.05. The molecule has 1 N–H and O–H groups in total. The molecule has 0 amide bonds. The lowest BCUT2D eigenvalue weighted by Crippen LogP contribution is -2.31. The van der Waals surface area contributed by atoms with Crippen LogP contribution >= 0.6 is 11.6 Å². The number of hydrogen-bond acceptors (Lipinski definition) is 1. The van der Waals surface area contributed by atoms with Crippen LogP contribution in [0, 0.1) is 0 Å². The van der Waals surface area contributed by atoms with E-state index >= 15 is 0 Å². The smallest absolute Gasteiger partial charge is 0.314 e. The lowest BCUT2D eigenvalue weighted by Gasteiger charge is -2.14. The van der Waals surface area contributed by atoms with Crippen molar-refractivity contribution in [3.05, 3.63) is 34.9 Å². The largest absolute Gasteiger partial charge is 0.390 e. The van der Waals surface area contributed by atoms with Crippen LogP contribution in [-0.4, -0.2) is 18.8 Å². The van der Waals surface area contributed by atoms with E-state index in [4.69, 9.17) is 11.6 Å². The van der Waals surface area contributed by atoms with Gasteiger partial charge in [-0.25, -0.2) is 0 Å². The van der Waals surface area contributed by atoms with E-state index in [1.807, 2.05) is 19.1 Å². The molecule has 1 atom stereocenters. The predicted octanol–water partition coefficient (Wildman–Crippen LogP) is 3.81. The number of rotatable bonds is 5. The Balaban J connectivity index is 2.30. The van der Waals surface area contributed by atoms with Gasteiger partial charge in [0, 0.05) is 17.6 Å². The molecule has 0 fully saturated rings. The zero-order chi connectivity index (χ0) is 12.9. The van der Waals surface area contributed by atoms with Gasteiger partial charge in [0.15, 0.2) is 0 Å². The van der Waals surface area contributed by atoms with Gasteiger partial charge in [0.25, 0.3) is 0 Å². The van der Waals surface area contributed by atoms with E-state index in [1.54, 1.807) is 12.1 Å². The molecule has 0 heterocycles. The van der Waals surface area contributed by atoms with Crippen LogP contribution in [0.4, 0.5) is 13.2 Å². The molecule has 0 aromatic heterocycles. The molecule has 5 heteroatoms. The summed E-state index contributed by atoms with van der Waals surface area (Å²) < 4.78 is 35.8. The third-order valence-corrected chi connectivity index (χ3v) is 2.61. The standard InChI is InChI=1S/C12H15ClF3N/c1-9(17-7-6-12(14,15)16)8-10-2-4-11(13)5-3-10/h2-5,9,17H,6-8H2,1H3. The summed E-state index contributed by atoms with van der Waals surface area (Å²) >= 11 is 5.74. The van der Waals surface area contributed by atoms with E-state index in [9.17, 15) is 13.2 Å². The highest BCUT2D eigenvalue weighted by molar-refractivity contribution is 6.30. The van der Waals surface area contributed by atoms with Gasteiger partial charge in [0.2, 0.25) is 0 Å². The number of alkyl halides is 3. The van der Waals surface area contributed by atoms with Crippen LogP contribution in [0.3, 0.4) is 0 Å². The van der Waals surface area contributed by atoms with Crippen LogP contribution in [0.1, 0.15) is 18.9 Å². The molecule has 0 saturated carbocycles. The molecule has 1 aromatic rings. The van der Waals surface area contributed by atoms with Crippen molar-refractivity contribution in [2.75, 3.05) is 6.54 Å². The molecule has 96 valence electrons. The summed E-state index contributed by atoms with van der Waals surface area (Å²) in [5.41, 5.74) is 1.06. The van der Waals surface area contributed by atoms with E-state index in [0.717, 1.165) is 5.56 Å². The molecular formula is C12H15ClF3N. The SMILES string of the molecule is CC(Cc1ccc(Cl)cc1)NCCC(F)(F)F. The molecule has 0 saturated heterocycles. The fourth-order valence-corrected chi connectivity index (χ4v) is 1.63. The van der Waals surface area contributed by atoms with Gasteiger partial charge in [-0.1, -0.05) is 23.7 Å². The molecule has 1 rings (SSSR count). The molecule has 0 bridgehead atoms. The zero-order valence-corrected chi connectivity index (χ0v) is 10.3. The van der Waals surface area contributed by atoms with Crippen LogP contribution in [0.5, 0.6) is 0 Å². The number of benzene rings is 1. The van der Waals surface area contributed by atoms with E-state index in [2.05, 4.69) is 5.32 Å². The summed E-state index contributed by atoms with van der Waals surface area (Å²) in [6.45, 7) is 1.82. The van der Waals surface area contributed by atoms with Crippen molar-refractivity contribution in [2.24, 2.45) is 0 Å². The third kappa shape index (κ3) is 6.54. The van der Waals surface area contributed by atoms with Crippen LogP contribution in [0.25, 0.3) is 0 Å². The first kappa shape index (κ1) is 14.3. The number of halogens is 4. The molecule has 17 heavy (non-hydrogen) atoms. The Morgan fingerprint density at radius 1 is 1.24 bits per heavy atom. The Hall–Kier alpha value is -0.740. The summed E-state index contributed by atoms with van der Waals surface area (Å²) in [4.78, 5) is 0.